The number of nitrogens with zero attached hydrogens (tertiary/aromatic N) is 4. The number of aromatic nitrogens is 3. The van der Waals surface area contributed by atoms with Crippen molar-refractivity contribution in [3.63, 3.8) is 0 Å². The normalized spacial score (nSPS) is 15.5. The number of carbonyl (C=O) groups is 2. The molecule has 1 aliphatic heterocycles. The van der Waals surface area contributed by atoms with E-state index in [0.717, 1.165) is 31.2 Å². The molecule has 1 saturated carbocycles. The fraction of sp³-hybridized carbons (Fsp3) is 0.200. The molecule has 6 N–H and O–H groups in total. The maximum atomic E-state index is 13.2. The van der Waals surface area contributed by atoms with Crippen LogP contribution in [0.2, 0.25) is 0 Å². The Morgan fingerprint density at radius 3 is 2.41 bits per heavy atom. The fourth-order valence-electron chi connectivity index (χ4n) is 4.65. The number of benzene rings is 2. The van der Waals surface area contributed by atoms with Gasteiger partial charge >= 0.3 is 0 Å². The number of thiocarbonyl (C=S) groups is 1. The molecule has 3 heterocycles. The van der Waals surface area contributed by atoms with Gasteiger partial charge in [-0.25, -0.2) is 0 Å². The minimum atomic E-state index is -0.294. The smallest absolute Gasteiger partial charge is 0.285 e. The minimum absolute atomic E-state index is 0. The molecular formula is C30H30ClN9O3S3. The van der Waals surface area contributed by atoms with Gasteiger partial charge in [-0.3, -0.25) is 15.0 Å². The highest BCUT2D eigenvalue weighted by atomic mass is 35.5. The van der Waals surface area contributed by atoms with E-state index in [-0.39, 0.29) is 48.8 Å². The van der Waals surface area contributed by atoms with E-state index in [1.807, 2.05) is 22.9 Å². The summed E-state index contributed by atoms with van der Waals surface area (Å²) in [4.78, 5) is 39.5. The third-order valence-electron chi connectivity index (χ3n) is 6.85. The number of rotatable bonds is 11. The quantitative estimate of drug-likeness (QED) is 0.0680. The molecule has 0 bridgehead atoms. The van der Waals surface area contributed by atoms with E-state index in [1.54, 1.807) is 59.9 Å². The molecule has 16 heteroatoms. The topological polar surface area (TPSA) is 159 Å². The Hall–Kier alpha value is -4.44. The molecule has 6 rings (SSSR count). The van der Waals surface area contributed by atoms with Crippen molar-refractivity contribution in [1.82, 2.24) is 20.0 Å². The largest absolute Gasteiger partial charge is 0.484 e. The minimum Gasteiger partial charge on any atom is -0.484 e. The van der Waals surface area contributed by atoms with E-state index in [9.17, 15) is 9.59 Å². The van der Waals surface area contributed by atoms with Crippen LogP contribution >= 0.6 is 47.7 Å². The van der Waals surface area contributed by atoms with Crippen LogP contribution in [-0.2, 0) is 9.59 Å². The van der Waals surface area contributed by atoms with Crippen LogP contribution in [0, 0.1) is 0 Å². The standard InChI is InChI=1S/C30H29N9O3S3.ClH/c31-19-5-7-21(8-6-19)32-25(40)16-42-23-11-9-22(10-12-23)34-28-35-27(33-20-3-1-2-4-20)36-29(37-28)38-39-26(41)24(45-30(39)43)15-18-13-14-44-17-18;/h5-15,17,20H,1-4,16,31H2,(H,32,40)(H3,33,34,35,36,37,38);1H/b24-15-;. The van der Waals surface area contributed by atoms with Gasteiger partial charge in [0.15, 0.2) is 10.9 Å². The zero-order valence-electron chi connectivity index (χ0n) is 24.3. The van der Waals surface area contributed by atoms with Gasteiger partial charge in [0.2, 0.25) is 17.8 Å². The number of carbonyl (C=O) groups excluding carboxylic acids is 2. The van der Waals surface area contributed by atoms with E-state index in [4.69, 9.17) is 22.7 Å². The molecule has 2 aliphatic rings. The van der Waals surface area contributed by atoms with Gasteiger partial charge in [0, 0.05) is 23.1 Å². The van der Waals surface area contributed by atoms with Crippen molar-refractivity contribution in [1.29, 1.82) is 0 Å². The molecule has 0 spiro atoms. The number of amides is 2. The molecule has 1 aliphatic carbocycles. The summed E-state index contributed by atoms with van der Waals surface area (Å²) >= 11 is 8.25. The summed E-state index contributed by atoms with van der Waals surface area (Å²) in [6.07, 6.45) is 6.15. The van der Waals surface area contributed by atoms with Gasteiger partial charge in [-0.2, -0.15) is 31.3 Å². The number of nitrogen functional groups attached to an aromatic ring is 1. The van der Waals surface area contributed by atoms with Crippen molar-refractivity contribution in [2.24, 2.45) is 0 Å². The Balaban J connectivity index is 0.00000417. The molecule has 2 fully saturated rings. The molecule has 1 saturated heterocycles. The molecule has 46 heavy (non-hydrogen) atoms. The van der Waals surface area contributed by atoms with Gasteiger partial charge in [0.25, 0.3) is 11.8 Å². The van der Waals surface area contributed by atoms with E-state index in [0.29, 0.717) is 38.0 Å². The van der Waals surface area contributed by atoms with Gasteiger partial charge in [-0.15, -0.1) is 12.4 Å². The second kappa shape index (κ2) is 15.2. The van der Waals surface area contributed by atoms with E-state index in [1.165, 1.54) is 16.8 Å². The number of hydrazine groups is 1. The van der Waals surface area contributed by atoms with Crippen LogP contribution in [0.5, 0.6) is 5.75 Å². The summed E-state index contributed by atoms with van der Waals surface area (Å²) in [5, 5.41) is 14.5. The van der Waals surface area contributed by atoms with E-state index >= 15 is 0 Å². The first-order valence-corrected chi connectivity index (χ1v) is 16.3. The molecule has 2 aromatic carbocycles. The number of thiophene rings is 1. The number of hydrogen-bond acceptors (Lipinski definition) is 13. The predicted octanol–water partition coefficient (Wildman–Crippen LogP) is 6.28. The number of hydrogen-bond donors (Lipinski definition) is 5. The maximum absolute atomic E-state index is 13.2. The molecule has 0 unspecified atom stereocenters. The van der Waals surface area contributed by atoms with Gasteiger partial charge < -0.3 is 26.4 Å². The Morgan fingerprint density at radius 2 is 1.70 bits per heavy atom. The zero-order valence-corrected chi connectivity index (χ0v) is 27.5. The lowest BCUT2D eigenvalue weighted by Crippen LogP contribution is -2.35. The Labute approximate surface area is 285 Å². The fourth-order valence-corrected chi connectivity index (χ4v) is 6.45. The highest BCUT2D eigenvalue weighted by molar-refractivity contribution is 8.26. The Kier molecular flexibility index (Phi) is 10.9. The maximum Gasteiger partial charge on any atom is 0.285 e. The van der Waals surface area contributed by atoms with Gasteiger partial charge in [-0.1, -0.05) is 24.6 Å². The van der Waals surface area contributed by atoms with Gasteiger partial charge in [-0.05, 0) is 102 Å². The van der Waals surface area contributed by atoms with Crippen LogP contribution in [-0.4, -0.2) is 48.7 Å². The lowest BCUT2D eigenvalue weighted by Gasteiger charge is -2.18. The molecule has 4 aromatic rings. The first kappa shape index (κ1) is 32.9. The van der Waals surface area contributed by atoms with E-state index in [2.05, 4.69) is 36.3 Å². The monoisotopic (exact) mass is 695 g/mol. The average Bonchev–Trinajstić information content (AvgIpc) is 3.79. The first-order chi connectivity index (χ1) is 21.9. The third-order valence-corrected chi connectivity index (χ3v) is 8.85. The first-order valence-electron chi connectivity index (χ1n) is 14.1. The number of halogens is 1. The van der Waals surface area contributed by atoms with Crippen LogP contribution in [0.25, 0.3) is 6.08 Å². The lowest BCUT2D eigenvalue weighted by atomic mass is 10.2. The number of nitrogens with one attached hydrogen (secondary N) is 4. The van der Waals surface area contributed by atoms with Crippen LogP contribution in [0.15, 0.2) is 70.3 Å². The number of nitrogens with two attached hydrogens (primary N) is 1. The Morgan fingerprint density at radius 1 is 1.00 bits per heavy atom. The van der Waals surface area contributed by atoms with Crippen molar-refractivity contribution >= 4 is 105 Å². The summed E-state index contributed by atoms with van der Waals surface area (Å²) in [7, 11) is 0. The molecule has 0 atom stereocenters. The summed E-state index contributed by atoms with van der Waals surface area (Å²) in [5.41, 5.74) is 11.5. The van der Waals surface area contributed by atoms with Crippen LogP contribution < -0.4 is 31.8 Å². The highest BCUT2D eigenvalue weighted by Crippen LogP contribution is 2.33. The number of ether oxygens (including phenoxy) is 1. The highest BCUT2D eigenvalue weighted by Gasteiger charge is 2.33. The molecule has 2 aromatic heterocycles. The summed E-state index contributed by atoms with van der Waals surface area (Å²) < 4.78 is 5.98. The van der Waals surface area contributed by atoms with Crippen LogP contribution in [0.1, 0.15) is 31.2 Å². The average molecular weight is 696 g/mol. The molecule has 0 radical (unpaired) electrons. The van der Waals surface area contributed by atoms with Gasteiger partial charge in [0.05, 0.1) is 4.91 Å². The van der Waals surface area contributed by atoms with Crippen molar-refractivity contribution in [2.75, 3.05) is 33.7 Å². The van der Waals surface area contributed by atoms with E-state index < -0.39 is 0 Å². The Bertz CT molecular complexity index is 1720. The second-order valence-electron chi connectivity index (χ2n) is 10.2. The lowest BCUT2D eigenvalue weighted by molar-refractivity contribution is -0.121. The molecule has 12 nitrogen and oxygen atoms in total. The molecule has 2 amide bonds. The summed E-state index contributed by atoms with van der Waals surface area (Å²) in [6, 6.07) is 16.1. The number of anilines is 6. The zero-order chi connectivity index (χ0) is 31.2. The van der Waals surface area contributed by atoms with Gasteiger partial charge in [0.1, 0.15) is 5.75 Å². The van der Waals surface area contributed by atoms with Crippen molar-refractivity contribution in [2.45, 2.75) is 31.7 Å². The second-order valence-corrected chi connectivity index (χ2v) is 12.7. The number of thioether (sulfide) groups is 1. The van der Waals surface area contributed by atoms with Crippen molar-refractivity contribution in [3.05, 3.63) is 75.8 Å². The molecular weight excluding hydrogens is 666 g/mol. The predicted molar refractivity (Wildman–Crippen MR) is 191 cm³/mol. The molecule has 238 valence electrons. The van der Waals surface area contributed by atoms with Crippen LogP contribution in [0.4, 0.5) is 34.9 Å². The third kappa shape index (κ3) is 8.63. The SMILES string of the molecule is Cl.Nc1ccc(NC(=O)COc2ccc(Nc3nc(NC4CCCC4)nc(NN4C(=O)/C(=C/c5ccsc5)SC4=S)n3)cc2)cc1. The van der Waals surface area contributed by atoms with Crippen molar-refractivity contribution in [3.8, 4) is 5.75 Å². The summed E-state index contributed by atoms with van der Waals surface area (Å²) in [6.45, 7) is -0.157. The summed E-state index contributed by atoms with van der Waals surface area (Å²) in [5.74, 6) is 0.747. The van der Waals surface area contributed by atoms with Crippen LogP contribution in [0.3, 0.4) is 0 Å². The van der Waals surface area contributed by atoms with Crippen molar-refractivity contribution < 1.29 is 14.3 Å².